The number of nitrogens with zero attached hydrogens (tertiary/aromatic N) is 1. The first-order chi connectivity index (χ1) is 11.6. The molecular weight excluding hydrogens is 367 g/mol. The Hall–Kier alpha value is -1.96. The zero-order chi connectivity index (χ0) is 18.8. The van der Waals surface area contributed by atoms with Crippen molar-refractivity contribution < 1.29 is 17.6 Å². The summed E-state index contributed by atoms with van der Waals surface area (Å²) in [7, 11) is -0.867. The summed E-state index contributed by atoms with van der Waals surface area (Å²) < 4.78 is 38.7. The third-order valence-electron chi connectivity index (χ3n) is 3.64. The number of rotatable bonds is 5. The van der Waals surface area contributed by atoms with Gasteiger partial charge < -0.3 is 5.32 Å². The molecule has 0 aliphatic carbocycles. The van der Waals surface area contributed by atoms with Crippen LogP contribution in [-0.2, 0) is 16.6 Å². The first-order valence-corrected chi connectivity index (χ1v) is 9.20. The van der Waals surface area contributed by atoms with E-state index in [1.807, 2.05) is 0 Å². The summed E-state index contributed by atoms with van der Waals surface area (Å²) in [5.41, 5.74) is 1.26. The Balaban J connectivity index is 2.22. The molecule has 0 aliphatic heterocycles. The van der Waals surface area contributed by atoms with Crippen molar-refractivity contribution in [2.45, 2.75) is 18.4 Å². The van der Waals surface area contributed by atoms with Crippen molar-refractivity contribution in [1.82, 2.24) is 9.62 Å². The van der Waals surface area contributed by atoms with Gasteiger partial charge in [0, 0.05) is 20.6 Å². The van der Waals surface area contributed by atoms with E-state index < -0.39 is 15.9 Å². The molecule has 0 spiro atoms. The minimum Gasteiger partial charge on any atom is -0.348 e. The van der Waals surface area contributed by atoms with Gasteiger partial charge in [0.05, 0.1) is 15.5 Å². The zero-order valence-corrected chi connectivity index (χ0v) is 15.6. The van der Waals surface area contributed by atoms with Gasteiger partial charge in [-0.15, -0.1) is 0 Å². The lowest BCUT2D eigenvalue weighted by Crippen LogP contribution is -2.25. The number of nitrogens with one attached hydrogen (secondary N) is 1. The predicted molar refractivity (Wildman–Crippen MR) is 94.6 cm³/mol. The van der Waals surface area contributed by atoms with E-state index in [-0.39, 0.29) is 27.8 Å². The highest BCUT2D eigenvalue weighted by Gasteiger charge is 2.20. The van der Waals surface area contributed by atoms with Crippen molar-refractivity contribution in [2.24, 2.45) is 0 Å². The van der Waals surface area contributed by atoms with Crippen LogP contribution in [0.5, 0.6) is 0 Å². The highest BCUT2D eigenvalue weighted by Crippen LogP contribution is 2.22. The average Bonchev–Trinajstić information content (AvgIpc) is 2.55. The third-order valence-corrected chi connectivity index (χ3v) is 5.78. The van der Waals surface area contributed by atoms with Crippen LogP contribution in [-0.4, -0.2) is 32.7 Å². The lowest BCUT2D eigenvalue weighted by Gasteiger charge is -2.13. The number of carbonyl (C=O) groups is 1. The molecule has 0 saturated carbocycles. The number of hydrogen-bond acceptors (Lipinski definition) is 3. The number of carbonyl (C=O) groups excluding carboxylic acids is 1. The third kappa shape index (κ3) is 4.36. The van der Waals surface area contributed by atoms with Crippen molar-refractivity contribution in [2.75, 3.05) is 14.1 Å². The molecule has 5 nitrogen and oxygen atoms in total. The van der Waals surface area contributed by atoms with Gasteiger partial charge in [-0.05, 0) is 42.3 Å². The second-order valence-corrected chi connectivity index (χ2v) is 8.25. The first-order valence-electron chi connectivity index (χ1n) is 7.38. The Morgan fingerprint density at radius 3 is 2.48 bits per heavy atom. The molecule has 0 unspecified atom stereocenters. The van der Waals surface area contributed by atoms with Crippen LogP contribution in [0.2, 0.25) is 5.02 Å². The fourth-order valence-electron chi connectivity index (χ4n) is 2.14. The molecule has 2 aromatic carbocycles. The van der Waals surface area contributed by atoms with Gasteiger partial charge in [-0.2, -0.15) is 0 Å². The fraction of sp³-hybridized carbons (Fsp3) is 0.235. The molecule has 0 aromatic heterocycles. The SMILES string of the molecule is Cc1cc(CNC(=O)c2cc(S(=O)(=O)N(C)C)ccc2Cl)ccc1F. The van der Waals surface area contributed by atoms with Crippen LogP contribution >= 0.6 is 11.6 Å². The number of amides is 1. The molecule has 0 atom stereocenters. The molecule has 0 fully saturated rings. The standard InChI is InChI=1S/C17H18ClFN2O3S/c1-11-8-12(4-7-16(11)19)10-20-17(22)14-9-13(5-6-15(14)18)25(23,24)21(2)3/h4-9H,10H2,1-3H3,(H,20,22). The molecule has 0 radical (unpaired) electrons. The Morgan fingerprint density at radius 1 is 1.20 bits per heavy atom. The molecule has 8 heteroatoms. The van der Waals surface area contributed by atoms with Crippen molar-refractivity contribution in [3.63, 3.8) is 0 Å². The lowest BCUT2D eigenvalue weighted by molar-refractivity contribution is 0.0951. The lowest BCUT2D eigenvalue weighted by atomic mass is 10.1. The van der Waals surface area contributed by atoms with Gasteiger partial charge in [-0.25, -0.2) is 17.1 Å². The van der Waals surface area contributed by atoms with E-state index in [0.717, 1.165) is 9.87 Å². The number of halogens is 2. The van der Waals surface area contributed by atoms with Gasteiger partial charge in [0.15, 0.2) is 0 Å². The highest BCUT2D eigenvalue weighted by molar-refractivity contribution is 7.89. The summed E-state index contributed by atoms with van der Waals surface area (Å²) in [6.07, 6.45) is 0. The van der Waals surface area contributed by atoms with Gasteiger partial charge in [-0.3, -0.25) is 4.79 Å². The molecule has 0 heterocycles. The molecule has 25 heavy (non-hydrogen) atoms. The van der Waals surface area contributed by atoms with E-state index in [9.17, 15) is 17.6 Å². The molecule has 2 aromatic rings. The minimum absolute atomic E-state index is 0.0234. The smallest absolute Gasteiger partial charge is 0.253 e. The van der Waals surface area contributed by atoms with Crippen LogP contribution < -0.4 is 5.32 Å². The van der Waals surface area contributed by atoms with E-state index in [1.165, 1.54) is 38.4 Å². The first kappa shape index (κ1) is 19.4. The Labute approximate surface area is 151 Å². The van der Waals surface area contributed by atoms with E-state index in [0.29, 0.717) is 5.56 Å². The van der Waals surface area contributed by atoms with E-state index in [4.69, 9.17) is 11.6 Å². The van der Waals surface area contributed by atoms with Crippen LogP contribution in [0, 0.1) is 12.7 Å². The van der Waals surface area contributed by atoms with Gasteiger partial charge in [-0.1, -0.05) is 23.7 Å². The minimum atomic E-state index is -3.67. The highest BCUT2D eigenvalue weighted by atomic mass is 35.5. The van der Waals surface area contributed by atoms with Crippen LogP contribution in [0.1, 0.15) is 21.5 Å². The van der Waals surface area contributed by atoms with Gasteiger partial charge in [0.25, 0.3) is 5.91 Å². The van der Waals surface area contributed by atoms with Crippen molar-refractivity contribution in [3.8, 4) is 0 Å². The maximum atomic E-state index is 13.3. The van der Waals surface area contributed by atoms with Gasteiger partial charge in [0.1, 0.15) is 5.82 Å². The van der Waals surface area contributed by atoms with Crippen molar-refractivity contribution >= 4 is 27.5 Å². The Bertz CT molecular complexity index is 914. The second kappa shape index (κ2) is 7.51. The number of sulfonamides is 1. The molecule has 0 saturated heterocycles. The topological polar surface area (TPSA) is 66.5 Å². The van der Waals surface area contributed by atoms with Crippen LogP contribution in [0.4, 0.5) is 4.39 Å². The summed E-state index contributed by atoms with van der Waals surface area (Å²) in [6.45, 7) is 1.80. The molecule has 2 rings (SSSR count). The van der Waals surface area contributed by atoms with E-state index in [1.54, 1.807) is 19.1 Å². The number of benzene rings is 2. The number of hydrogen-bond donors (Lipinski definition) is 1. The normalized spacial score (nSPS) is 11.6. The largest absolute Gasteiger partial charge is 0.348 e. The summed E-state index contributed by atoms with van der Waals surface area (Å²) in [5.74, 6) is -0.831. The molecule has 134 valence electrons. The second-order valence-electron chi connectivity index (χ2n) is 5.70. The maximum absolute atomic E-state index is 13.3. The van der Waals surface area contributed by atoms with Gasteiger partial charge in [0.2, 0.25) is 10.0 Å². The quantitative estimate of drug-likeness (QED) is 0.861. The van der Waals surface area contributed by atoms with Crippen LogP contribution in [0.25, 0.3) is 0 Å². The van der Waals surface area contributed by atoms with Crippen LogP contribution in [0.3, 0.4) is 0 Å². The summed E-state index contributed by atoms with van der Waals surface area (Å²) >= 11 is 6.03. The van der Waals surface area contributed by atoms with Crippen LogP contribution in [0.15, 0.2) is 41.3 Å². The molecule has 1 amide bonds. The maximum Gasteiger partial charge on any atom is 0.253 e. The zero-order valence-electron chi connectivity index (χ0n) is 14.0. The monoisotopic (exact) mass is 384 g/mol. The van der Waals surface area contributed by atoms with E-state index in [2.05, 4.69) is 5.32 Å². The number of aryl methyl sites for hydroxylation is 1. The van der Waals surface area contributed by atoms with Gasteiger partial charge >= 0.3 is 0 Å². The van der Waals surface area contributed by atoms with Crippen molar-refractivity contribution in [1.29, 1.82) is 0 Å². The summed E-state index contributed by atoms with van der Waals surface area (Å²) in [6, 6.07) is 8.48. The van der Waals surface area contributed by atoms with E-state index >= 15 is 0 Å². The average molecular weight is 385 g/mol. The Kier molecular flexibility index (Phi) is 5.82. The predicted octanol–water partition coefficient (Wildman–Crippen LogP) is 2.97. The molecular formula is C17H18ClFN2O3S. The summed E-state index contributed by atoms with van der Waals surface area (Å²) in [4.78, 5) is 12.3. The fourth-order valence-corrected chi connectivity index (χ4v) is 3.28. The van der Waals surface area contributed by atoms with Crippen molar-refractivity contribution in [3.05, 3.63) is 63.9 Å². The molecule has 1 N–H and O–H groups in total. The molecule has 0 aliphatic rings. The summed E-state index contributed by atoms with van der Waals surface area (Å²) in [5, 5.41) is 2.80. The molecule has 0 bridgehead atoms. The Morgan fingerprint density at radius 2 is 1.88 bits per heavy atom.